The highest BCUT2D eigenvalue weighted by molar-refractivity contribution is 7.12. The third-order valence-corrected chi connectivity index (χ3v) is 3.44. The summed E-state index contributed by atoms with van der Waals surface area (Å²) in [5.74, 6) is 0.0663. The molecule has 0 spiro atoms. The van der Waals surface area contributed by atoms with Crippen LogP contribution in [0, 0.1) is 0 Å². The van der Waals surface area contributed by atoms with E-state index in [0.29, 0.717) is 0 Å². The predicted octanol–water partition coefficient (Wildman–Crippen LogP) is 1.34. The number of hydrogen-bond acceptors (Lipinski definition) is 3. The third-order valence-electron chi connectivity index (χ3n) is 2.58. The van der Waals surface area contributed by atoms with Crippen molar-refractivity contribution in [2.45, 2.75) is 18.9 Å². The van der Waals surface area contributed by atoms with E-state index in [2.05, 4.69) is 0 Å². The molecule has 1 N–H and O–H groups in total. The number of hydrogen-bond donors (Lipinski definition) is 1. The molecule has 2 rings (SSSR count). The molecule has 0 aliphatic carbocycles. The van der Waals surface area contributed by atoms with Crippen LogP contribution in [0.2, 0.25) is 0 Å². The fraction of sp³-hybridized carbons (Fsp3) is 0.500. The monoisotopic (exact) mass is 211 g/mol. The molecule has 0 aromatic carbocycles. The summed E-state index contributed by atoms with van der Waals surface area (Å²) in [4.78, 5) is 14.5. The smallest absolute Gasteiger partial charge is 0.264 e. The normalized spacial score (nSPS) is 21.5. The Morgan fingerprint density at radius 2 is 2.57 bits per heavy atom. The first kappa shape index (κ1) is 9.68. The molecule has 0 saturated carbocycles. The van der Waals surface area contributed by atoms with Gasteiger partial charge in [-0.2, -0.15) is 0 Å². The first-order valence-electron chi connectivity index (χ1n) is 4.78. The molecular formula is C10H13NO2S. The molecule has 1 atom stereocenters. The van der Waals surface area contributed by atoms with Crippen molar-refractivity contribution in [1.29, 1.82) is 0 Å². The van der Waals surface area contributed by atoms with Crippen LogP contribution >= 0.6 is 11.3 Å². The number of rotatable bonds is 2. The third kappa shape index (κ3) is 1.67. The van der Waals surface area contributed by atoms with E-state index >= 15 is 0 Å². The lowest BCUT2D eigenvalue weighted by Gasteiger charge is -2.22. The summed E-state index contributed by atoms with van der Waals surface area (Å²) in [6.07, 6.45) is 1.93. The highest BCUT2D eigenvalue weighted by atomic mass is 32.1. The molecule has 0 bridgehead atoms. The van der Waals surface area contributed by atoms with E-state index in [1.165, 1.54) is 11.3 Å². The summed E-state index contributed by atoms with van der Waals surface area (Å²) in [5, 5.41) is 11.0. The van der Waals surface area contributed by atoms with Gasteiger partial charge < -0.3 is 10.0 Å². The minimum Gasteiger partial charge on any atom is -0.394 e. The Kier molecular flexibility index (Phi) is 2.84. The first-order chi connectivity index (χ1) is 6.83. The zero-order valence-corrected chi connectivity index (χ0v) is 8.67. The largest absolute Gasteiger partial charge is 0.394 e. The highest BCUT2D eigenvalue weighted by Gasteiger charge is 2.28. The second kappa shape index (κ2) is 4.11. The zero-order valence-electron chi connectivity index (χ0n) is 7.85. The minimum atomic E-state index is 0.0320. The van der Waals surface area contributed by atoms with Gasteiger partial charge in [-0.1, -0.05) is 6.07 Å². The first-order valence-corrected chi connectivity index (χ1v) is 5.66. The van der Waals surface area contributed by atoms with Crippen molar-refractivity contribution in [3.8, 4) is 0 Å². The number of likely N-dealkylation sites (tertiary alicyclic amines) is 1. The summed E-state index contributed by atoms with van der Waals surface area (Å²) in [6, 6.07) is 3.74. The molecule has 1 saturated heterocycles. The van der Waals surface area contributed by atoms with Crippen molar-refractivity contribution >= 4 is 17.2 Å². The summed E-state index contributed by atoms with van der Waals surface area (Å²) >= 11 is 1.46. The van der Waals surface area contributed by atoms with E-state index in [1.54, 1.807) is 4.90 Å². The Morgan fingerprint density at radius 1 is 1.71 bits per heavy atom. The quantitative estimate of drug-likeness (QED) is 0.802. The summed E-state index contributed by atoms with van der Waals surface area (Å²) in [7, 11) is 0. The summed E-state index contributed by atoms with van der Waals surface area (Å²) in [5.41, 5.74) is 0. The highest BCUT2D eigenvalue weighted by Crippen LogP contribution is 2.21. The van der Waals surface area contributed by atoms with Gasteiger partial charge in [-0.15, -0.1) is 11.3 Å². The van der Waals surface area contributed by atoms with Gasteiger partial charge in [0.2, 0.25) is 0 Å². The topological polar surface area (TPSA) is 40.5 Å². The van der Waals surface area contributed by atoms with E-state index in [9.17, 15) is 4.79 Å². The van der Waals surface area contributed by atoms with E-state index in [1.807, 2.05) is 17.5 Å². The summed E-state index contributed by atoms with van der Waals surface area (Å²) < 4.78 is 0. The van der Waals surface area contributed by atoms with Crippen molar-refractivity contribution in [3.63, 3.8) is 0 Å². The van der Waals surface area contributed by atoms with E-state index in [4.69, 9.17) is 5.11 Å². The van der Waals surface area contributed by atoms with Crippen LogP contribution in [-0.4, -0.2) is 35.1 Å². The van der Waals surface area contributed by atoms with E-state index in [0.717, 1.165) is 24.3 Å². The van der Waals surface area contributed by atoms with Gasteiger partial charge in [-0.25, -0.2) is 0 Å². The Balaban J connectivity index is 2.11. The predicted molar refractivity (Wildman–Crippen MR) is 55.5 cm³/mol. The van der Waals surface area contributed by atoms with Crippen LogP contribution in [0.1, 0.15) is 22.5 Å². The zero-order chi connectivity index (χ0) is 9.97. The van der Waals surface area contributed by atoms with Crippen LogP contribution in [0.3, 0.4) is 0 Å². The van der Waals surface area contributed by atoms with Gasteiger partial charge in [0.1, 0.15) is 0 Å². The lowest BCUT2D eigenvalue weighted by Crippen LogP contribution is -2.37. The molecule has 1 amide bonds. The molecule has 1 aromatic rings. The standard InChI is InChI=1S/C10H13NO2S/c12-7-8-3-1-5-11(8)10(13)9-4-2-6-14-9/h2,4,6,8,12H,1,3,5,7H2/t8-/m0/s1. The molecule has 4 heteroatoms. The van der Waals surface area contributed by atoms with Gasteiger partial charge >= 0.3 is 0 Å². The number of aliphatic hydroxyl groups excluding tert-OH is 1. The van der Waals surface area contributed by atoms with Crippen LogP contribution in [0.5, 0.6) is 0 Å². The van der Waals surface area contributed by atoms with E-state index in [-0.39, 0.29) is 18.6 Å². The molecule has 0 radical (unpaired) electrons. The second-order valence-electron chi connectivity index (χ2n) is 3.45. The Hall–Kier alpha value is -0.870. The number of amides is 1. The average molecular weight is 211 g/mol. The molecule has 3 nitrogen and oxygen atoms in total. The molecule has 2 heterocycles. The molecule has 1 aliphatic rings. The van der Waals surface area contributed by atoms with Crippen molar-refractivity contribution in [2.24, 2.45) is 0 Å². The van der Waals surface area contributed by atoms with Crippen LogP contribution < -0.4 is 0 Å². The minimum absolute atomic E-state index is 0.0320. The molecule has 1 fully saturated rings. The lowest BCUT2D eigenvalue weighted by atomic mass is 10.2. The maximum Gasteiger partial charge on any atom is 0.264 e. The van der Waals surface area contributed by atoms with Crippen LogP contribution in [0.4, 0.5) is 0 Å². The maximum absolute atomic E-state index is 11.9. The van der Waals surface area contributed by atoms with Gasteiger partial charge in [-0.3, -0.25) is 4.79 Å². The number of carbonyl (C=O) groups excluding carboxylic acids is 1. The molecule has 76 valence electrons. The van der Waals surface area contributed by atoms with Crippen LogP contribution in [0.25, 0.3) is 0 Å². The Morgan fingerprint density at radius 3 is 3.21 bits per heavy atom. The fourth-order valence-electron chi connectivity index (χ4n) is 1.83. The van der Waals surface area contributed by atoms with Gasteiger partial charge in [0.05, 0.1) is 17.5 Å². The summed E-state index contributed by atoms with van der Waals surface area (Å²) in [6.45, 7) is 0.860. The van der Waals surface area contributed by atoms with Gasteiger partial charge in [0.25, 0.3) is 5.91 Å². The number of thiophene rings is 1. The van der Waals surface area contributed by atoms with Crippen molar-refractivity contribution in [2.75, 3.05) is 13.2 Å². The van der Waals surface area contributed by atoms with Crippen molar-refractivity contribution < 1.29 is 9.90 Å². The Labute approximate surface area is 87.0 Å². The molecule has 14 heavy (non-hydrogen) atoms. The number of aliphatic hydroxyl groups is 1. The Bertz CT molecular complexity index is 310. The molecule has 0 unspecified atom stereocenters. The van der Waals surface area contributed by atoms with Gasteiger partial charge in [0, 0.05) is 6.54 Å². The molecular weight excluding hydrogens is 198 g/mol. The lowest BCUT2D eigenvalue weighted by molar-refractivity contribution is 0.0682. The second-order valence-corrected chi connectivity index (χ2v) is 4.40. The van der Waals surface area contributed by atoms with Crippen molar-refractivity contribution in [3.05, 3.63) is 22.4 Å². The maximum atomic E-state index is 11.9. The van der Waals surface area contributed by atoms with E-state index < -0.39 is 0 Å². The fourth-order valence-corrected chi connectivity index (χ4v) is 2.51. The van der Waals surface area contributed by atoms with Gasteiger partial charge in [-0.05, 0) is 24.3 Å². The van der Waals surface area contributed by atoms with Crippen molar-refractivity contribution in [1.82, 2.24) is 4.90 Å². The molecule has 1 aliphatic heterocycles. The molecule has 1 aromatic heterocycles. The van der Waals surface area contributed by atoms with Gasteiger partial charge in [0.15, 0.2) is 0 Å². The SMILES string of the molecule is O=C(c1cccs1)N1CCC[C@H]1CO. The van der Waals surface area contributed by atoms with Crippen LogP contribution in [0.15, 0.2) is 17.5 Å². The number of carbonyl (C=O) groups is 1. The average Bonchev–Trinajstić information content (AvgIpc) is 2.87. The van der Waals surface area contributed by atoms with Crippen LogP contribution in [-0.2, 0) is 0 Å². The number of nitrogens with zero attached hydrogens (tertiary/aromatic N) is 1.